The monoisotopic (exact) mass is 277 g/mol. The zero-order valence-electron chi connectivity index (χ0n) is 10.8. The molecule has 0 unspecified atom stereocenters. The summed E-state index contributed by atoms with van der Waals surface area (Å²) >= 11 is 0. The van der Waals surface area contributed by atoms with Gasteiger partial charge >= 0.3 is 5.97 Å². The van der Waals surface area contributed by atoms with E-state index < -0.39 is 11.9 Å². The van der Waals surface area contributed by atoms with E-state index in [9.17, 15) is 9.59 Å². The molecule has 7 heteroatoms. The number of unbranched alkanes of at least 4 members (excludes halogenated alkanes) is 1. The average molecular weight is 277 g/mol. The van der Waals surface area contributed by atoms with Crippen molar-refractivity contribution < 1.29 is 19.1 Å². The van der Waals surface area contributed by atoms with Crippen molar-refractivity contribution in [3.63, 3.8) is 0 Å². The molecule has 106 valence electrons. The number of hydrogen-bond acceptors (Lipinski definition) is 4. The Morgan fingerprint density at radius 1 is 1.30 bits per heavy atom. The number of amides is 1. The maximum Gasteiger partial charge on any atom is 0.371 e. The summed E-state index contributed by atoms with van der Waals surface area (Å²) in [6.07, 6.45) is 7.08. The Kier molecular flexibility index (Phi) is 4.54. The number of aromatic carboxylic acids is 1. The van der Waals surface area contributed by atoms with Crippen molar-refractivity contribution in [1.29, 1.82) is 0 Å². The minimum absolute atomic E-state index is 0.0111. The van der Waals surface area contributed by atoms with E-state index in [0.29, 0.717) is 6.54 Å². The normalized spacial score (nSPS) is 10.4. The topological polar surface area (TPSA) is 97.4 Å². The molecule has 0 aromatic carbocycles. The molecule has 2 aromatic heterocycles. The van der Waals surface area contributed by atoms with Gasteiger partial charge in [-0.05, 0) is 25.0 Å². The van der Waals surface area contributed by atoms with Crippen LogP contribution in [-0.4, -0.2) is 33.1 Å². The van der Waals surface area contributed by atoms with Crippen LogP contribution in [0.15, 0.2) is 35.3 Å². The summed E-state index contributed by atoms with van der Waals surface area (Å²) in [5.41, 5.74) is 0. The quantitative estimate of drug-likeness (QED) is 0.745. The van der Waals surface area contributed by atoms with Crippen LogP contribution < -0.4 is 5.32 Å². The SMILES string of the molecule is O=C(O)c1ccc(C(=O)NCCCCn2ccnc2)o1. The first-order valence-corrected chi connectivity index (χ1v) is 6.24. The van der Waals surface area contributed by atoms with Crippen LogP contribution in [-0.2, 0) is 6.54 Å². The lowest BCUT2D eigenvalue weighted by molar-refractivity contribution is 0.0659. The van der Waals surface area contributed by atoms with Gasteiger partial charge in [0.15, 0.2) is 5.76 Å². The Hall–Kier alpha value is -2.57. The fourth-order valence-corrected chi connectivity index (χ4v) is 1.70. The van der Waals surface area contributed by atoms with Gasteiger partial charge in [0.1, 0.15) is 0 Å². The molecular weight excluding hydrogens is 262 g/mol. The minimum atomic E-state index is -1.19. The number of imidazole rings is 1. The molecule has 0 saturated carbocycles. The van der Waals surface area contributed by atoms with Gasteiger partial charge in [0.2, 0.25) is 5.76 Å². The number of carbonyl (C=O) groups excluding carboxylic acids is 1. The standard InChI is InChI=1S/C13H15N3O4/c17-12(10-3-4-11(20-10)13(18)19)15-5-1-2-7-16-8-6-14-9-16/h3-4,6,8-9H,1-2,5,7H2,(H,15,17)(H,18,19). The van der Waals surface area contributed by atoms with E-state index in [1.54, 1.807) is 12.5 Å². The molecule has 0 bridgehead atoms. The largest absolute Gasteiger partial charge is 0.475 e. The van der Waals surface area contributed by atoms with E-state index in [-0.39, 0.29) is 11.5 Å². The van der Waals surface area contributed by atoms with Crippen molar-refractivity contribution in [2.24, 2.45) is 0 Å². The Balaban J connectivity index is 1.68. The van der Waals surface area contributed by atoms with E-state index in [4.69, 9.17) is 9.52 Å². The highest BCUT2D eigenvalue weighted by molar-refractivity contribution is 5.93. The van der Waals surface area contributed by atoms with E-state index in [1.165, 1.54) is 12.1 Å². The summed E-state index contributed by atoms with van der Waals surface area (Å²) < 4.78 is 6.86. The number of hydrogen-bond donors (Lipinski definition) is 2. The molecule has 0 aliphatic rings. The van der Waals surface area contributed by atoms with Gasteiger partial charge < -0.3 is 19.4 Å². The number of aromatic nitrogens is 2. The minimum Gasteiger partial charge on any atom is -0.475 e. The molecule has 0 spiro atoms. The van der Waals surface area contributed by atoms with Gasteiger partial charge in [-0.3, -0.25) is 4.79 Å². The molecule has 0 aliphatic heterocycles. The first-order chi connectivity index (χ1) is 9.66. The lowest BCUT2D eigenvalue weighted by Crippen LogP contribution is -2.24. The first-order valence-electron chi connectivity index (χ1n) is 6.24. The zero-order chi connectivity index (χ0) is 14.4. The van der Waals surface area contributed by atoms with E-state index in [1.807, 2.05) is 10.8 Å². The summed E-state index contributed by atoms with van der Waals surface area (Å²) in [6.45, 7) is 1.36. The van der Waals surface area contributed by atoms with Crippen LogP contribution in [0.25, 0.3) is 0 Å². The van der Waals surface area contributed by atoms with E-state index in [0.717, 1.165) is 19.4 Å². The lowest BCUT2D eigenvalue weighted by atomic mass is 10.3. The molecule has 2 heterocycles. The second-order valence-electron chi connectivity index (χ2n) is 4.23. The molecule has 0 radical (unpaired) electrons. The van der Waals surface area contributed by atoms with Crippen molar-refractivity contribution >= 4 is 11.9 Å². The van der Waals surface area contributed by atoms with Gasteiger partial charge in [-0.1, -0.05) is 0 Å². The highest BCUT2D eigenvalue weighted by Gasteiger charge is 2.14. The summed E-state index contributed by atoms with van der Waals surface area (Å²) in [5, 5.41) is 11.4. The molecule has 0 aliphatic carbocycles. The summed E-state index contributed by atoms with van der Waals surface area (Å²) in [4.78, 5) is 26.2. The maximum absolute atomic E-state index is 11.7. The van der Waals surface area contributed by atoms with Crippen molar-refractivity contribution in [3.05, 3.63) is 42.4 Å². The molecular formula is C13H15N3O4. The van der Waals surface area contributed by atoms with Crippen molar-refractivity contribution in [2.75, 3.05) is 6.54 Å². The summed E-state index contributed by atoms with van der Waals surface area (Å²) in [5.74, 6) is -1.82. The molecule has 2 aromatic rings. The van der Waals surface area contributed by atoms with Gasteiger partial charge in [-0.25, -0.2) is 9.78 Å². The predicted molar refractivity (Wildman–Crippen MR) is 69.5 cm³/mol. The molecule has 1 amide bonds. The molecule has 2 N–H and O–H groups in total. The van der Waals surface area contributed by atoms with Gasteiger partial charge in [0.05, 0.1) is 6.33 Å². The fourth-order valence-electron chi connectivity index (χ4n) is 1.70. The highest BCUT2D eigenvalue weighted by atomic mass is 16.4. The number of nitrogens with zero attached hydrogens (tertiary/aromatic N) is 2. The Bertz CT molecular complexity index is 574. The second kappa shape index (κ2) is 6.55. The number of rotatable bonds is 7. The number of nitrogens with one attached hydrogen (secondary N) is 1. The molecule has 0 atom stereocenters. The number of carbonyl (C=O) groups is 2. The van der Waals surface area contributed by atoms with Crippen LogP contribution >= 0.6 is 0 Å². The molecule has 20 heavy (non-hydrogen) atoms. The van der Waals surface area contributed by atoms with Crippen LogP contribution in [0, 0.1) is 0 Å². The van der Waals surface area contributed by atoms with Crippen molar-refractivity contribution in [3.8, 4) is 0 Å². The Morgan fingerprint density at radius 3 is 2.75 bits per heavy atom. The third-order valence-corrected chi connectivity index (χ3v) is 2.73. The van der Waals surface area contributed by atoms with E-state index in [2.05, 4.69) is 10.3 Å². The fraction of sp³-hybridized carbons (Fsp3) is 0.308. The summed E-state index contributed by atoms with van der Waals surface area (Å²) in [6, 6.07) is 2.61. The number of carboxylic acids is 1. The summed E-state index contributed by atoms with van der Waals surface area (Å²) in [7, 11) is 0. The van der Waals surface area contributed by atoms with Crippen LogP contribution in [0.2, 0.25) is 0 Å². The van der Waals surface area contributed by atoms with Crippen molar-refractivity contribution in [2.45, 2.75) is 19.4 Å². The zero-order valence-corrected chi connectivity index (χ0v) is 10.8. The molecule has 0 saturated heterocycles. The van der Waals surface area contributed by atoms with Crippen LogP contribution in [0.5, 0.6) is 0 Å². The lowest BCUT2D eigenvalue weighted by Gasteiger charge is -2.04. The van der Waals surface area contributed by atoms with Crippen LogP contribution in [0.4, 0.5) is 0 Å². The second-order valence-corrected chi connectivity index (χ2v) is 4.23. The van der Waals surface area contributed by atoms with Gasteiger partial charge in [-0.2, -0.15) is 0 Å². The van der Waals surface area contributed by atoms with Crippen LogP contribution in [0.3, 0.4) is 0 Å². The average Bonchev–Trinajstić information content (AvgIpc) is 3.09. The van der Waals surface area contributed by atoms with Gasteiger partial charge in [0, 0.05) is 25.5 Å². The van der Waals surface area contributed by atoms with Crippen molar-refractivity contribution in [1.82, 2.24) is 14.9 Å². The number of carboxylic acid groups (broad SMARTS) is 1. The van der Waals surface area contributed by atoms with Crippen LogP contribution in [0.1, 0.15) is 34.0 Å². The third kappa shape index (κ3) is 3.71. The predicted octanol–water partition coefficient (Wildman–Crippen LogP) is 1.38. The molecule has 2 rings (SSSR count). The maximum atomic E-state index is 11.7. The Morgan fingerprint density at radius 2 is 2.10 bits per heavy atom. The Labute approximate surface area is 115 Å². The number of aryl methyl sites for hydroxylation is 1. The van der Waals surface area contributed by atoms with E-state index >= 15 is 0 Å². The van der Waals surface area contributed by atoms with Gasteiger partial charge in [-0.15, -0.1) is 0 Å². The smallest absolute Gasteiger partial charge is 0.371 e. The third-order valence-electron chi connectivity index (χ3n) is 2.73. The molecule has 7 nitrogen and oxygen atoms in total. The van der Waals surface area contributed by atoms with Gasteiger partial charge in [0.25, 0.3) is 5.91 Å². The molecule has 0 fully saturated rings. The highest BCUT2D eigenvalue weighted by Crippen LogP contribution is 2.07. The first kappa shape index (κ1) is 13.9. The number of furan rings is 1.